The fourth-order valence-electron chi connectivity index (χ4n) is 2.28. The molecule has 0 bridgehead atoms. The van der Waals surface area contributed by atoms with E-state index in [1.54, 1.807) is 24.3 Å². The van der Waals surface area contributed by atoms with Crippen LogP contribution in [0.2, 0.25) is 0 Å². The Labute approximate surface area is 147 Å². The van der Waals surface area contributed by atoms with Crippen molar-refractivity contribution in [2.75, 3.05) is 13.2 Å². The molecule has 0 amide bonds. The summed E-state index contributed by atoms with van der Waals surface area (Å²) in [5, 5.41) is -0.503. The maximum atomic E-state index is 12.2. The van der Waals surface area contributed by atoms with E-state index in [0.29, 0.717) is 5.56 Å². The van der Waals surface area contributed by atoms with Gasteiger partial charge in [-0.2, -0.15) is 8.42 Å². The van der Waals surface area contributed by atoms with E-state index in [1.807, 2.05) is 6.92 Å². The largest absolute Gasteiger partial charge is 0.379 e. The average molecular weight is 382 g/mol. The van der Waals surface area contributed by atoms with Crippen molar-refractivity contribution in [3.8, 4) is 0 Å². The Bertz CT molecular complexity index is 941. The summed E-state index contributed by atoms with van der Waals surface area (Å²) in [6.07, 6.45) is 0. The lowest BCUT2D eigenvalue weighted by Gasteiger charge is -2.25. The van der Waals surface area contributed by atoms with Gasteiger partial charge in [0.05, 0.1) is 29.6 Å². The molecule has 0 aliphatic carbocycles. The molecule has 1 aliphatic rings. The highest BCUT2D eigenvalue weighted by Crippen LogP contribution is 2.22. The zero-order chi connectivity index (χ0) is 18.1. The summed E-state index contributed by atoms with van der Waals surface area (Å²) in [5.74, 6) is 0. The Hall–Kier alpha value is -1.74. The molecule has 1 fully saturated rings. The second kappa shape index (κ2) is 6.87. The van der Waals surface area contributed by atoms with Gasteiger partial charge in [0.2, 0.25) is 0 Å². The first kappa shape index (κ1) is 18.1. The monoisotopic (exact) mass is 382 g/mol. The van der Waals surface area contributed by atoms with Crippen LogP contribution < -0.4 is 0 Å². The summed E-state index contributed by atoms with van der Waals surface area (Å²) in [7, 11) is -7.25. The van der Waals surface area contributed by atoms with Gasteiger partial charge in [0, 0.05) is 0 Å². The predicted molar refractivity (Wildman–Crippen MR) is 91.4 cm³/mol. The summed E-state index contributed by atoms with van der Waals surface area (Å²) in [6, 6.07) is 12.4. The Morgan fingerprint density at radius 1 is 0.920 bits per heavy atom. The molecule has 0 aromatic heterocycles. The molecule has 0 unspecified atom stereocenters. The lowest BCUT2D eigenvalue weighted by Crippen LogP contribution is -2.40. The van der Waals surface area contributed by atoms with Gasteiger partial charge in [-0.1, -0.05) is 29.8 Å². The third kappa shape index (κ3) is 3.92. The molecule has 6 nitrogen and oxygen atoms in total. The molecule has 0 spiro atoms. The molecule has 2 aromatic rings. The van der Waals surface area contributed by atoms with Crippen molar-refractivity contribution in [1.82, 2.24) is 0 Å². The molecule has 2 aromatic carbocycles. The number of hydrogen-bond donors (Lipinski definition) is 0. The van der Waals surface area contributed by atoms with E-state index >= 15 is 0 Å². The number of sulfone groups is 1. The third-order valence-electron chi connectivity index (χ3n) is 3.99. The van der Waals surface area contributed by atoms with Crippen LogP contribution >= 0.6 is 0 Å². The Morgan fingerprint density at radius 3 is 2.00 bits per heavy atom. The summed E-state index contributed by atoms with van der Waals surface area (Å²) in [5.41, 5.74) is 1.52. The number of ether oxygens (including phenoxy) is 1. The van der Waals surface area contributed by atoms with E-state index in [-0.39, 0.29) is 29.6 Å². The summed E-state index contributed by atoms with van der Waals surface area (Å²) in [6.45, 7) is 2.12. The van der Waals surface area contributed by atoms with E-state index in [4.69, 9.17) is 8.92 Å². The van der Waals surface area contributed by atoms with Crippen LogP contribution in [-0.2, 0) is 35.5 Å². The van der Waals surface area contributed by atoms with Gasteiger partial charge < -0.3 is 4.74 Å². The molecule has 8 heteroatoms. The van der Waals surface area contributed by atoms with Crippen molar-refractivity contribution in [1.29, 1.82) is 0 Å². The molecule has 0 saturated carbocycles. The summed E-state index contributed by atoms with van der Waals surface area (Å²) in [4.78, 5) is 0.285. The van der Waals surface area contributed by atoms with Gasteiger partial charge in [0.25, 0.3) is 10.1 Å². The topological polar surface area (TPSA) is 86.7 Å². The first-order chi connectivity index (χ1) is 11.8. The number of rotatable bonds is 6. The lowest BCUT2D eigenvalue weighted by molar-refractivity contribution is 0.0416. The summed E-state index contributed by atoms with van der Waals surface area (Å²) < 4.78 is 58.8. The van der Waals surface area contributed by atoms with E-state index in [2.05, 4.69) is 0 Å². The number of hydrogen-bond acceptors (Lipinski definition) is 6. The molecule has 1 heterocycles. The van der Waals surface area contributed by atoms with Crippen molar-refractivity contribution < 1.29 is 25.8 Å². The second-order valence-corrected chi connectivity index (χ2v) is 9.72. The molecular weight excluding hydrogens is 364 g/mol. The van der Waals surface area contributed by atoms with Gasteiger partial charge in [-0.3, -0.25) is 4.18 Å². The van der Waals surface area contributed by atoms with Crippen LogP contribution in [0.1, 0.15) is 11.1 Å². The minimum atomic E-state index is -3.86. The van der Waals surface area contributed by atoms with Crippen molar-refractivity contribution in [3.05, 3.63) is 59.7 Å². The second-order valence-electron chi connectivity index (χ2n) is 5.88. The molecule has 0 radical (unpaired) electrons. The van der Waals surface area contributed by atoms with E-state index in [0.717, 1.165) is 5.56 Å². The van der Waals surface area contributed by atoms with Crippen LogP contribution in [0.4, 0.5) is 0 Å². The first-order valence-corrected chi connectivity index (χ1v) is 10.6. The zero-order valence-electron chi connectivity index (χ0n) is 13.6. The average Bonchev–Trinajstić information content (AvgIpc) is 2.52. The highest BCUT2D eigenvalue weighted by Gasteiger charge is 2.33. The Kier molecular flexibility index (Phi) is 4.97. The third-order valence-corrected chi connectivity index (χ3v) is 7.35. The number of benzene rings is 2. The molecule has 0 N–H and O–H groups in total. The van der Waals surface area contributed by atoms with Crippen molar-refractivity contribution in [3.63, 3.8) is 0 Å². The lowest BCUT2D eigenvalue weighted by atomic mass is 10.2. The summed E-state index contributed by atoms with van der Waals surface area (Å²) >= 11 is 0. The minimum Gasteiger partial charge on any atom is -0.379 e. The fourth-order valence-corrected chi connectivity index (χ4v) is 4.63. The first-order valence-electron chi connectivity index (χ1n) is 7.66. The van der Waals surface area contributed by atoms with Crippen LogP contribution in [0.3, 0.4) is 0 Å². The van der Waals surface area contributed by atoms with Crippen LogP contribution in [-0.4, -0.2) is 35.3 Å². The van der Waals surface area contributed by atoms with Gasteiger partial charge in [-0.25, -0.2) is 8.42 Å². The highest BCUT2D eigenvalue weighted by molar-refractivity contribution is 7.92. The molecule has 1 aliphatic heterocycles. The maximum absolute atomic E-state index is 12.2. The van der Waals surface area contributed by atoms with Crippen molar-refractivity contribution >= 4 is 20.0 Å². The number of aryl methyl sites for hydroxylation is 1. The normalized spacial score (nSPS) is 15.7. The van der Waals surface area contributed by atoms with E-state index < -0.39 is 25.2 Å². The fraction of sp³-hybridized carbons (Fsp3) is 0.294. The standard InChI is InChI=1S/C17H18O6S2/c1-13-2-6-16(7-3-13)25(20,21)23-10-14-4-8-15(9-5-14)24(18,19)17-11-22-12-17/h2-9,17H,10-12H2,1H3. The van der Waals surface area contributed by atoms with Gasteiger partial charge >= 0.3 is 0 Å². The molecule has 3 rings (SSSR count). The zero-order valence-corrected chi connectivity index (χ0v) is 15.2. The minimum absolute atomic E-state index is 0.0854. The van der Waals surface area contributed by atoms with Crippen molar-refractivity contribution in [2.45, 2.75) is 28.6 Å². The van der Waals surface area contributed by atoms with Crippen LogP contribution in [0.15, 0.2) is 58.3 Å². The Balaban J connectivity index is 1.68. The Morgan fingerprint density at radius 2 is 1.48 bits per heavy atom. The van der Waals surface area contributed by atoms with Gasteiger partial charge in [0.15, 0.2) is 9.84 Å². The molecular formula is C17H18O6S2. The predicted octanol–water partition coefficient (Wildman–Crippen LogP) is 2.07. The van der Waals surface area contributed by atoms with Gasteiger partial charge in [-0.05, 0) is 36.8 Å². The van der Waals surface area contributed by atoms with E-state index in [9.17, 15) is 16.8 Å². The van der Waals surface area contributed by atoms with Crippen LogP contribution in [0.25, 0.3) is 0 Å². The molecule has 25 heavy (non-hydrogen) atoms. The van der Waals surface area contributed by atoms with E-state index in [1.165, 1.54) is 24.3 Å². The molecule has 1 saturated heterocycles. The van der Waals surface area contributed by atoms with Gasteiger partial charge in [-0.15, -0.1) is 0 Å². The maximum Gasteiger partial charge on any atom is 0.297 e. The highest BCUT2D eigenvalue weighted by atomic mass is 32.2. The quantitative estimate of drug-likeness (QED) is 0.711. The van der Waals surface area contributed by atoms with Gasteiger partial charge in [0.1, 0.15) is 5.25 Å². The molecule has 134 valence electrons. The van der Waals surface area contributed by atoms with Crippen LogP contribution in [0.5, 0.6) is 0 Å². The SMILES string of the molecule is Cc1ccc(S(=O)(=O)OCc2ccc(S(=O)(=O)C3COC3)cc2)cc1. The molecule has 0 atom stereocenters. The van der Waals surface area contributed by atoms with Crippen molar-refractivity contribution in [2.24, 2.45) is 0 Å². The van der Waals surface area contributed by atoms with Crippen LogP contribution in [0, 0.1) is 6.92 Å². The smallest absolute Gasteiger partial charge is 0.297 e.